The zero-order valence-corrected chi connectivity index (χ0v) is 17.5. The maximum atomic E-state index is 14.7. The van der Waals surface area contributed by atoms with Crippen LogP contribution in [0.2, 0.25) is 0 Å². The maximum absolute atomic E-state index is 14.7. The van der Waals surface area contributed by atoms with Gasteiger partial charge in [0.05, 0.1) is 12.3 Å². The Balaban J connectivity index is 1.54. The lowest BCUT2D eigenvalue weighted by atomic mass is 10.0. The van der Waals surface area contributed by atoms with E-state index in [9.17, 15) is 24.2 Å². The van der Waals surface area contributed by atoms with Crippen molar-refractivity contribution < 1.29 is 28.9 Å². The quantitative estimate of drug-likeness (QED) is 0.540. The van der Waals surface area contributed by atoms with Crippen LogP contribution in [0.5, 0.6) is 0 Å². The van der Waals surface area contributed by atoms with E-state index in [1.165, 1.54) is 6.92 Å². The van der Waals surface area contributed by atoms with Gasteiger partial charge in [-0.3, -0.25) is 9.88 Å². The monoisotopic (exact) mass is 455 g/mol. The molecule has 0 unspecified atom stereocenters. The summed E-state index contributed by atoms with van der Waals surface area (Å²) in [6.45, 7) is 1.50. The Bertz CT molecular complexity index is 1130. The second-order valence-corrected chi connectivity index (χ2v) is 7.57. The van der Waals surface area contributed by atoms with Gasteiger partial charge < -0.3 is 19.7 Å². The highest BCUT2D eigenvalue weighted by Crippen LogP contribution is 2.29. The molecule has 1 aliphatic rings. The number of benzene rings is 2. The lowest BCUT2D eigenvalue weighted by molar-refractivity contribution is -0.0355. The normalized spacial score (nSPS) is 22.3. The van der Waals surface area contributed by atoms with E-state index in [2.05, 4.69) is 10.3 Å². The fraction of sp³-hybridized carbons (Fsp3) is 0.261. The third-order valence-corrected chi connectivity index (χ3v) is 5.31. The Kier molecular flexibility index (Phi) is 6.50. The molecule has 33 heavy (non-hydrogen) atoms. The van der Waals surface area contributed by atoms with E-state index >= 15 is 0 Å². The second-order valence-electron chi connectivity index (χ2n) is 7.57. The first-order chi connectivity index (χ1) is 15.8. The number of anilines is 1. The van der Waals surface area contributed by atoms with Gasteiger partial charge in [0.2, 0.25) is 0 Å². The average molecular weight is 455 g/mol. The number of aliphatic hydroxyl groups excluding tert-OH is 2. The molecule has 4 atom stereocenters. The first-order valence-corrected chi connectivity index (χ1v) is 10.2. The minimum absolute atomic E-state index is 0.637. The topological polar surface area (TPSA) is 123 Å². The van der Waals surface area contributed by atoms with E-state index < -0.39 is 54.1 Å². The van der Waals surface area contributed by atoms with E-state index in [1.54, 1.807) is 48.5 Å². The summed E-state index contributed by atoms with van der Waals surface area (Å²) >= 11 is 0. The molecule has 2 heterocycles. The standard InChI is InChI=1S/C23H22FN3O6/c1-13-17(28)18(29)21(32-13)27-12-16(24)20(25-22(27)30)26-23(31)33-19(14-8-4-2-5-9-14)15-10-6-3-7-11-15/h2-13,17-19,21,28-29H,1H3,(H,25,26,30,31)/t13-,17-,18-,21-/m1/s1. The van der Waals surface area contributed by atoms with E-state index in [0.717, 1.165) is 10.8 Å². The maximum Gasteiger partial charge on any atom is 0.413 e. The van der Waals surface area contributed by atoms with Gasteiger partial charge in [-0.2, -0.15) is 4.98 Å². The number of nitrogens with one attached hydrogen (secondary N) is 1. The van der Waals surface area contributed by atoms with Crippen LogP contribution < -0.4 is 11.0 Å². The van der Waals surface area contributed by atoms with Crippen molar-refractivity contribution in [2.24, 2.45) is 0 Å². The second kappa shape index (κ2) is 9.49. The summed E-state index contributed by atoms with van der Waals surface area (Å²) in [5, 5.41) is 22.0. The van der Waals surface area contributed by atoms with Crippen LogP contribution in [0.25, 0.3) is 0 Å². The number of rotatable bonds is 5. The predicted molar refractivity (Wildman–Crippen MR) is 115 cm³/mol. The average Bonchev–Trinajstić information content (AvgIpc) is 3.08. The number of aliphatic hydroxyl groups is 2. The Labute approximate surface area is 188 Å². The molecule has 10 heteroatoms. The van der Waals surface area contributed by atoms with E-state index in [0.29, 0.717) is 11.1 Å². The Hall–Kier alpha value is -3.60. The summed E-state index contributed by atoms with van der Waals surface area (Å²) in [6.07, 6.45) is -5.81. The summed E-state index contributed by atoms with van der Waals surface area (Å²) in [4.78, 5) is 28.5. The number of hydrogen-bond donors (Lipinski definition) is 3. The van der Waals surface area contributed by atoms with Gasteiger partial charge in [-0.15, -0.1) is 0 Å². The molecule has 3 aromatic rings. The number of halogens is 1. The molecule has 2 aromatic carbocycles. The Morgan fingerprint density at radius 1 is 1.09 bits per heavy atom. The molecule has 1 aliphatic heterocycles. The van der Waals surface area contributed by atoms with Crippen molar-refractivity contribution in [1.82, 2.24) is 9.55 Å². The fourth-order valence-electron chi connectivity index (χ4n) is 3.59. The molecular weight excluding hydrogens is 433 g/mol. The summed E-state index contributed by atoms with van der Waals surface area (Å²) in [5.41, 5.74) is 0.408. The van der Waals surface area contributed by atoms with Crippen LogP contribution in [0.4, 0.5) is 15.0 Å². The first kappa shape index (κ1) is 22.6. The van der Waals surface area contributed by atoms with Gasteiger partial charge in [0.1, 0.15) is 12.2 Å². The third-order valence-electron chi connectivity index (χ3n) is 5.31. The molecule has 9 nitrogen and oxygen atoms in total. The molecule has 3 N–H and O–H groups in total. The zero-order chi connectivity index (χ0) is 23.5. The largest absolute Gasteiger partial charge is 0.436 e. The first-order valence-electron chi connectivity index (χ1n) is 10.2. The van der Waals surface area contributed by atoms with Crippen LogP contribution in [-0.4, -0.2) is 44.2 Å². The minimum Gasteiger partial charge on any atom is -0.436 e. The molecule has 1 fully saturated rings. The van der Waals surface area contributed by atoms with Crippen molar-refractivity contribution in [3.63, 3.8) is 0 Å². The van der Waals surface area contributed by atoms with Crippen LogP contribution in [0, 0.1) is 5.82 Å². The molecule has 0 bridgehead atoms. The predicted octanol–water partition coefficient (Wildman–Crippen LogP) is 2.36. The van der Waals surface area contributed by atoms with Gasteiger partial charge in [-0.05, 0) is 18.1 Å². The fourth-order valence-corrected chi connectivity index (χ4v) is 3.59. The van der Waals surface area contributed by atoms with E-state index in [4.69, 9.17) is 9.47 Å². The van der Waals surface area contributed by atoms with Gasteiger partial charge in [-0.25, -0.2) is 14.0 Å². The number of nitrogens with zero attached hydrogens (tertiary/aromatic N) is 2. The molecule has 172 valence electrons. The molecule has 0 saturated carbocycles. The number of carbonyl (C=O) groups is 1. The number of ether oxygens (including phenoxy) is 2. The highest BCUT2D eigenvalue weighted by molar-refractivity contribution is 5.83. The SMILES string of the molecule is C[C@H]1O[C@@H](n2cc(F)c(NC(=O)OC(c3ccccc3)c3ccccc3)nc2=O)[C@H](O)[C@@H]1O. The van der Waals surface area contributed by atoms with Gasteiger partial charge >= 0.3 is 11.8 Å². The van der Waals surface area contributed by atoms with Crippen molar-refractivity contribution in [2.75, 3.05) is 5.32 Å². The van der Waals surface area contributed by atoms with E-state index in [-0.39, 0.29) is 0 Å². The lowest BCUT2D eigenvalue weighted by Crippen LogP contribution is -2.36. The highest BCUT2D eigenvalue weighted by Gasteiger charge is 2.42. The van der Waals surface area contributed by atoms with Crippen molar-refractivity contribution in [1.29, 1.82) is 0 Å². The molecule has 1 amide bonds. The van der Waals surface area contributed by atoms with E-state index in [1.807, 2.05) is 12.1 Å². The smallest absolute Gasteiger partial charge is 0.413 e. The molecule has 0 spiro atoms. The number of hydrogen-bond acceptors (Lipinski definition) is 7. The number of amides is 1. The number of aromatic nitrogens is 2. The highest BCUT2D eigenvalue weighted by atomic mass is 19.1. The molecule has 0 aliphatic carbocycles. The van der Waals surface area contributed by atoms with Gasteiger partial charge in [0.15, 0.2) is 24.0 Å². The van der Waals surface area contributed by atoms with Crippen LogP contribution in [-0.2, 0) is 9.47 Å². The molecule has 1 saturated heterocycles. The summed E-state index contributed by atoms with van der Waals surface area (Å²) in [6, 6.07) is 18.0. The third kappa shape index (κ3) is 4.77. The molecule has 4 rings (SSSR count). The molecule has 1 aromatic heterocycles. The Morgan fingerprint density at radius 3 is 2.18 bits per heavy atom. The summed E-state index contributed by atoms with van der Waals surface area (Å²) in [7, 11) is 0. The molecule has 0 radical (unpaired) electrons. The van der Waals surface area contributed by atoms with Crippen LogP contribution in [0.15, 0.2) is 71.7 Å². The minimum atomic E-state index is -1.44. The van der Waals surface area contributed by atoms with Crippen LogP contribution in [0.3, 0.4) is 0 Å². The van der Waals surface area contributed by atoms with Gasteiger partial charge in [-0.1, -0.05) is 60.7 Å². The number of carbonyl (C=O) groups excluding carboxylic acids is 1. The van der Waals surface area contributed by atoms with Gasteiger partial charge in [0.25, 0.3) is 0 Å². The van der Waals surface area contributed by atoms with Crippen LogP contribution >= 0.6 is 0 Å². The van der Waals surface area contributed by atoms with Gasteiger partial charge in [0, 0.05) is 0 Å². The molecular formula is C23H22FN3O6. The van der Waals surface area contributed by atoms with Crippen molar-refractivity contribution in [3.8, 4) is 0 Å². The van der Waals surface area contributed by atoms with Crippen molar-refractivity contribution >= 4 is 11.9 Å². The zero-order valence-electron chi connectivity index (χ0n) is 17.5. The summed E-state index contributed by atoms with van der Waals surface area (Å²) in [5.74, 6) is -1.69. The lowest BCUT2D eigenvalue weighted by Gasteiger charge is -2.20. The van der Waals surface area contributed by atoms with Crippen molar-refractivity contribution in [3.05, 3.63) is 94.3 Å². The van der Waals surface area contributed by atoms with Crippen LogP contribution in [0.1, 0.15) is 30.4 Å². The summed E-state index contributed by atoms with van der Waals surface area (Å²) < 4.78 is 26.2. The van der Waals surface area contributed by atoms with Crippen molar-refractivity contribution in [2.45, 2.75) is 37.6 Å². The Morgan fingerprint density at radius 2 is 1.67 bits per heavy atom.